The van der Waals surface area contributed by atoms with Crippen LogP contribution in [0, 0.1) is 0 Å². The van der Waals surface area contributed by atoms with E-state index in [9.17, 15) is 5.11 Å². The van der Waals surface area contributed by atoms with Crippen LogP contribution in [0.3, 0.4) is 0 Å². The largest absolute Gasteiger partial charge is 0.387 e. The van der Waals surface area contributed by atoms with Crippen molar-refractivity contribution < 1.29 is 5.11 Å². The van der Waals surface area contributed by atoms with Gasteiger partial charge in [-0.2, -0.15) is 0 Å². The van der Waals surface area contributed by atoms with Crippen LogP contribution in [0.15, 0.2) is 30.3 Å². The van der Waals surface area contributed by atoms with Crippen molar-refractivity contribution in [3.05, 3.63) is 35.9 Å². The van der Waals surface area contributed by atoms with E-state index in [1.165, 1.54) is 0 Å². The highest BCUT2D eigenvalue weighted by molar-refractivity contribution is 5.19. The maximum atomic E-state index is 10.1. The molecule has 3 atom stereocenters. The lowest BCUT2D eigenvalue weighted by atomic mass is 10.0. The molecule has 76 valence electrons. The molecule has 1 heterocycles. The summed E-state index contributed by atoms with van der Waals surface area (Å²) in [5.74, 6) is 0. The van der Waals surface area contributed by atoms with E-state index in [0.717, 1.165) is 18.4 Å². The van der Waals surface area contributed by atoms with Crippen molar-refractivity contribution in [1.29, 1.82) is 0 Å². The van der Waals surface area contributed by atoms with Crippen molar-refractivity contribution in [3.63, 3.8) is 0 Å². The quantitative estimate of drug-likeness (QED) is 0.748. The first-order chi connectivity index (χ1) is 6.77. The second-order valence-corrected chi connectivity index (χ2v) is 4.11. The van der Waals surface area contributed by atoms with E-state index in [-0.39, 0.29) is 12.1 Å². The van der Waals surface area contributed by atoms with Crippen LogP contribution in [-0.4, -0.2) is 17.2 Å². The van der Waals surface area contributed by atoms with E-state index in [0.29, 0.717) is 6.04 Å². The fraction of sp³-hybridized carbons (Fsp3) is 0.500. The number of nitrogens with one attached hydrogen (secondary N) is 1. The highest BCUT2D eigenvalue weighted by atomic mass is 16.3. The number of aliphatic hydroxyl groups is 1. The van der Waals surface area contributed by atoms with Crippen molar-refractivity contribution in [1.82, 2.24) is 5.32 Å². The molecule has 1 aliphatic heterocycles. The summed E-state index contributed by atoms with van der Waals surface area (Å²) in [4.78, 5) is 0. The summed E-state index contributed by atoms with van der Waals surface area (Å²) in [6.45, 7) is 2.16. The zero-order valence-electron chi connectivity index (χ0n) is 8.48. The Bertz CT molecular complexity index is 286. The average molecular weight is 191 g/mol. The third-order valence-electron chi connectivity index (χ3n) is 2.93. The molecule has 0 aromatic heterocycles. The first-order valence-corrected chi connectivity index (χ1v) is 5.26. The van der Waals surface area contributed by atoms with Crippen molar-refractivity contribution in [2.75, 3.05) is 0 Å². The fourth-order valence-corrected chi connectivity index (χ4v) is 2.09. The highest BCUT2D eigenvalue weighted by Gasteiger charge is 2.27. The molecule has 2 unspecified atom stereocenters. The Morgan fingerprint density at radius 2 is 2.00 bits per heavy atom. The monoisotopic (exact) mass is 191 g/mol. The fourth-order valence-electron chi connectivity index (χ4n) is 2.09. The molecule has 0 amide bonds. The SMILES string of the molecule is C[C@@H]1CCC(C(O)c2ccccc2)N1. The van der Waals surface area contributed by atoms with Gasteiger partial charge in [0.2, 0.25) is 0 Å². The predicted octanol–water partition coefficient (Wildman–Crippen LogP) is 1.86. The Morgan fingerprint density at radius 1 is 1.29 bits per heavy atom. The molecule has 0 radical (unpaired) electrons. The van der Waals surface area contributed by atoms with E-state index in [1.54, 1.807) is 0 Å². The topological polar surface area (TPSA) is 32.3 Å². The van der Waals surface area contributed by atoms with Gasteiger partial charge in [0.05, 0.1) is 6.10 Å². The summed E-state index contributed by atoms with van der Waals surface area (Å²) < 4.78 is 0. The van der Waals surface area contributed by atoms with E-state index in [4.69, 9.17) is 0 Å². The maximum absolute atomic E-state index is 10.1. The van der Waals surface area contributed by atoms with E-state index in [1.807, 2.05) is 30.3 Å². The normalized spacial score (nSPS) is 29.0. The van der Waals surface area contributed by atoms with Gasteiger partial charge >= 0.3 is 0 Å². The van der Waals surface area contributed by atoms with Gasteiger partial charge in [0, 0.05) is 12.1 Å². The van der Waals surface area contributed by atoms with Crippen LogP contribution in [0.1, 0.15) is 31.4 Å². The molecule has 1 saturated heterocycles. The maximum Gasteiger partial charge on any atom is 0.0943 e. The molecule has 2 heteroatoms. The Kier molecular flexibility index (Phi) is 2.85. The third-order valence-corrected chi connectivity index (χ3v) is 2.93. The molecule has 1 aliphatic rings. The molecule has 0 aliphatic carbocycles. The van der Waals surface area contributed by atoms with Gasteiger partial charge in [0.1, 0.15) is 0 Å². The van der Waals surface area contributed by atoms with Gasteiger partial charge in [0.15, 0.2) is 0 Å². The first kappa shape index (κ1) is 9.69. The Labute approximate surface area is 85.0 Å². The van der Waals surface area contributed by atoms with Crippen molar-refractivity contribution in [3.8, 4) is 0 Å². The molecule has 0 saturated carbocycles. The van der Waals surface area contributed by atoms with Gasteiger partial charge < -0.3 is 10.4 Å². The van der Waals surface area contributed by atoms with Crippen LogP contribution < -0.4 is 5.32 Å². The zero-order chi connectivity index (χ0) is 9.97. The Morgan fingerprint density at radius 3 is 2.57 bits per heavy atom. The van der Waals surface area contributed by atoms with Gasteiger partial charge in [-0.05, 0) is 25.3 Å². The Balaban J connectivity index is 2.05. The van der Waals surface area contributed by atoms with E-state index in [2.05, 4.69) is 12.2 Å². The highest BCUT2D eigenvalue weighted by Crippen LogP contribution is 2.24. The lowest BCUT2D eigenvalue weighted by molar-refractivity contribution is 0.135. The summed E-state index contributed by atoms with van der Waals surface area (Å²) in [7, 11) is 0. The number of hydrogen-bond donors (Lipinski definition) is 2. The average Bonchev–Trinajstić information content (AvgIpc) is 2.65. The molecular weight excluding hydrogens is 174 g/mol. The molecule has 2 N–H and O–H groups in total. The minimum atomic E-state index is -0.360. The van der Waals surface area contributed by atoms with Crippen LogP contribution in [0.4, 0.5) is 0 Å². The van der Waals surface area contributed by atoms with Crippen LogP contribution in [0.5, 0.6) is 0 Å². The molecule has 0 spiro atoms. The van der Waals surface area contributed by atoms with Crippen molar-refractivity contribution in [2.45, 2.75) is 38.0 Å². The summed E-state index contributed by atoms with van der Waals surface area (Å²) >= 11 is 0. The van der Waals surface area contributed by atoms with Crippen LogP contribution in [0.25, 0.3) is 0 Å². The van der Waals surface area contributed by atoms with Gasteiger partial charge in [-0.1, -0.05) is 30.3 Å². The first-order valence-electron chi connectivity index (χ1n) is 5.26. The summed E-state index contributed by atoms with van der Waals surface area (Å²) in [6, 6.07) is 10.6. The van der Waals surface area contributed by atoms with Crippen molar-refractivity contribution in [2.24, 2.45) is 0 Å². The summed E-state index contributed by atoms with van der Waals surface area (Å²) in [5, 5.41) is 13.5. The second kappa shape index (κ2) is 4.11. The number of rotatable bonds is 2. The minimum Gasteiger partial charge on any atom is -0.387 e. The van der Waals surface area contributed by atoms with Gasteiger partial charge in [-0.25, -0.2) is 0 Å². The molecule has 14 heavy (non-hydrogen) atoms. The van der Waals surface area contributed by atoms with Crippen LogP contribution >= 0.6 is 0 Å². The lowest BCUT2D eigenvalue weighted by Crippen LogP contribution is -2.32. The van der Waals surface area contributed by atoms with Gasteiger partial charge in [-0.15, -0.1) is 0 Å². The number of hydrogen-bond acceptors (Lipinski definition) is 2. The number of aliphatic hydroxyl groups excluding tert-OH is 1. The molecule has 1 fully saturated rings. The van der Waals surface area contributed by atoms with Gasteiger partial charge in [0.25, 0.3) is 0 Å². The van der Waals surface area contributed by atoms with Gasteiger partial charge in [-0.3, -0.25) is 0 Å². The van der Waals surface area contributed by atoms with E-state index >= 15 is 0 Å². The summed E-state index contributed by atoms with van der Waals surface area (Å²) in [6.07, 6.45) is 1.87. The van der Waals surface area contributed by atoms with Crippen LogP contribution in [0.2, 0.25) is 0 Å². The summed E-state index contributed by atoms with van der Waals surface area (Å²) in [5.41, 5.74) is 1.01. The molecule has 2 nitrogen and oxygen atoms in total. The minimum absolute atomic E-state index is 0.229. The molecule has 0 bridgehead atoms. The van der Waals surface area contributed by atoms with Crippen molar-refractivity contribution >= 4 is 0 Å². The Hall–Kier alpha value is -0.860. The number of benzene rings is 1. The zero-order valence-corrected chi connectivity index (χ0v) is 8.48. The standard InChI is InChI=1S/C12H17NO/c1-9-7-8-11(13-9)12(14)10-5-3-2-4-6-10/h2-6,9,11-14H,7-8H2,1H3/t9-,11?,12?/m1/s1. The van der Waals surface area contributed by atoms with E-state index < -0.39 is 0 Å². The third kappa shape index (κ3) is 1.97. The molecule has 2 rings (SSSR count). The van der Waals surface area contributed by atoms with Crippen LogP contribution in [-0.2, 0) is 0 Å². The molecular formula is C12H17NO. The lowest BCUT2D eigenvalue weighted by Gasteiger charge is -2.19. The molecule has 1 aromatic carbocycles. The predicted molar refractivity (Wildman–Crippen MR) is 57.0 cm³/mol. The smallest absolute Gasteiger partial charge is 0.0943 e. The molecule has 1 aromatic rings. The second-order valence-electron chi connectivity index (χ2n) is 4.11.